The molecule has 392 valence electrons. The molecule has 0 heterocycles. The zero-order valence-corrected chi connectivity index (χ0v) is 50.3. The molecule has 0 aliphatic carbocycles. The van der Waals surface area contributed by atoms with Crippen molar-refractivity contribution in [1.82, 2.24) is 0 Å². The normalized spacial score (nSPS) is 5.82. The van der Waals surface area contributed by atoms with Crippen molar-refractivity contribution in [2.24, 2.45) is 34.4 Å². The van der Waals surface area contributed by atoms with Crippen molar-refractivity contribution < 1.29 is 280 Å². The molecule has 67 heavy (non-hydrogen) atoms. The van der Waals surface area contributed by atoms with E-state index in [4.69, 9.17) is 153 Å². The molecule has 0 aliphatic heterocycles. The molecule has 0 aliphatic rings. The summed E-state index contributed by atoms with van der Waals surface area (Å²) in [6.07, 6.45) is 0. The second kappa shape index (κ2) is 159. The van der Waals surface area contributed by atoms with Gasteiger partial charge in [0.25, 0.3) is 0 Å². The first kappa shape index (κ1) is 144. The first-order chi connectivity index (χ1) is 26.5. The number of carboxylic acids is 12. The van der Waals surface area contributed by atoms with Crippen LogP contribution in [0.1, 0.15) is 87.4 Å². The van der Waals surface area contributed by atoms with E-state index in [9.17, 15) is 0 Å². The molecule has 37 heteroatoms. The van der Waals surface area contributed by atoms with Gasteiger partial charge < -0.3 is 157 Å². The van der Waals surface area contributed by atoms with Crippen LogP contribution in [0.3, 0.4) is 0 Å². The quantitative estimate of drug-likeness (QED) is 0.143. The van der Waals surface area contributed by atoms with Crippen molar-refractivity contribution in [2.75, 3.05) is 39.3 Å². The van der Waals surface area contributed by atoms with E-state index in [-0.39, 0.29) is 161 Å². The molecule has 0 aromatic heterocycles. The summed E-state index contributed by atoms with van der Waals surface area (Å²) in [5, 5.41) is 107. The summed E-state index contributed by atoms with van der Waals surface area (Å²) < 4.78 is 0. The maximum Gasteiger partial charge on any atom is 3.00 e. The maximum absolute atomic E-state index is 8.89. The van der Waals surface area contributed by atoms with Crippen molar-refractivity contribution in [1.29, 1.82) is 0 Å². The van der Waals surface area contributed by atoms with Gasteiger partial charge in [-0.25, -0.2) is 0 Å². The van der Waals surface area contributed by atoms with E-state index >= 15 is 0 Å². The largest absolute Gasteiger partial charge is 3.00 e. The maximum atomic E-state index is 8.89. The topological polar surface area (TPSA) is 638 Å². The Morgan fingerprint density at radius 1 is 0.224 bits per heavy atom. The van der Waals surface area contributed by atoms with Gasteiger partial charge in [0, 0.05) is 111 Å². The average molecular weight is 1180 g/mol. The molecule has 0 unspecified atom stereocenters. The number of carbonyl (C=O) groups excluding carboxylic acids is 12. The molecule has 0 saturated carbocycles. The Balaban J connectivity index is -0.0000000133. The van der Waals surface area contributed by atoms with Gasteiger partial charge in [0.05, 0.1) is 0 Å². The van der Waals surface area contributed by atoms with Gasteiger partial charge in [-0.1, -0.05) is 0 Å². The van der Waals surface area contributed by atoms with Gasteiger partial charge in [-0.05, 0) is 83.1 Å². The number of rotatable bonds is 3. The molecular weight excluding hydrogens is 1120 g/mol. The van der Waals surface area contributed by atoms with Crippen LogP contribution in [0.15, 0.2) is 0 Å². The van der Waals surface area contributed by atoms with Gasteiger partial charge >= 0.3 is 157 Å². The van der Waals surface area contributed by atoms with Crippen LogP contribution in [-0.2, 0) is 126 Å². The fourth-order valence-electron chi connectivity index (χ4n) is 0. The third kappa shape index (κ3) is 115000. The number of carboxylic acid groups (broad SMARTS) is 12. The molecule has 12 N–H and O–H groups in total. The van der Waals surface area contributed by atoms with Gasteiger partial charge in [0.15, 0.2) is 0 Å². The predicted molar refractivity (Wildman–Crippen MR) is 186 cm³/mol. The number of hydrogen-bond donors (Lipinski definition) is 6. The fraction of sp³-hybridized carbons (Fsp3) is 0.600. The first-order valence-electron chi connectivity index (χ1n) is 14.8. The van der Waals surface area contributed by atoms with Gasteiger partial charge in [-0.2, -0.15) is 0 Å². The Morgan fingerprint density at radius 3 is 0.239 bits per heavy atom. The minimum Gasteiger partial charge on any atom is -1.00 e. The van der Waals surface area contributed by atoms with Gasteiger partial charge in [0.2, 0.25) is 0 Å². The van der Waals surface area contributed by atoms with Crippen LogP contribution >= 0.6 is 0 Å². The number of carbonyl (C=O) groups is 12. The number of nitrogens with two attached hydrogens (primary N) is 6. The molecule has 0 atom stereocenters. The van der Waals surface area contributed by atoms with E-state index in [1.54, 1.807) is 0 Å². The minimum atomic E-state index is -1.08. The van der Waals surface area contributed by atoms with Crippen LogP contribution < -0.4 is 184 Å². The van der Waals surface area contributed by atoms with Gasteiger partial charge in [-0.3, -0.25) is 0 Å². The van der Waals surface area contributed by atoms with Crippen LogP contribution in [0.4, 0.5) is 0 Å². The molecule has 0 spiro atoms. The summed E-state index contributed by atoms with van der Waals surface area (Å²) >= 11 is 0. The van der Waals surface area contributed by atoms with Crippen molar-refractivity contribution in [2.45, 2.75) is 83.1 Å². The number of hydrogen-bond acceptors (Lipinski definition) is 30. The molecule has 0 fully saturated rings. The van der Waals surface area contributed by atoms with Crippen molar-refractivity contribution in [3.8, 4) is 0 Å². The predicted octanol–water partition coefficient (Wildman–Crippen LogP) is -26.9. The van der Waals surface area contributed by atoms with Crippen LogP contribution in [0, 0.1) is 0 Å². The monoisotopic (exact) mass is 1180 g/mol. The molecule has 4 radical (unpaired) electrons. The van der Waals surface area contributed by atoms with E-state index in [0.29, 0.717) is 39.3 Å². The zero-order valence-electron chi connectivity index (χ0n) is 42.9. The molecule has 0 amide bonds. The summed E-state index contributed by atoms with van der Waals surface area (Å²) in [6, 6.07) is 0. The molecular formula is C30H63Fe4N6Na3O24. The van der Waals surface area contributed by atoms with Crippen molar-refractivity contribution in [3.05, 3.63) is 0 Å². The average Bonchev–Trinajstić information content (AvgIpc) is 2.94. The van der Waals surface area contributed by atoms with E-state index in [0.717, 1.165) is 83.1 Å². The second-order valence-electron chi connectivity index (χ2n) is 7.63. The smallest absolute Gasteiger partial charge is 1.00 e. The summed E-state index contributed by atoms with van der Waals surface area (Å²) in [6.45, 7) is 15.2. The first-order valence-corrected chi connectivity index (χ1v) is 14.8. The standard InChI is InChI=1S/3C2H8N2.12C2H4O2.4Fe.3Na.3H/c3*3-1-2-4;12*1-2(3)4;;;;;;;;;;/h3*1-4H2;12*1H3,(H,3,4);;;;;;;;;;/q;;;;;;;;;;;;;;;4*+3;3*+1;3*-1/p-12. The molecule has 30 nitrogen and oxygen atoms in total. The number of aliphatic carboxylic acids is 12. The molecule has 0 aromatic rings. The van der Waals surface area contributed by atoms with Crippen molar-refractivity contribution >= 4 is 71.6 Å². The van der Waals surface area contributed by atoms with E-state index in [1.807, 2.05) is 0 Å². The van der Waals surface area contributed by atoms with Crippen LogP contribution in [0.2, 0.25) is 0 Å². The SMILES string of the molecule is CC(=O)[O-].CC(=O)[O-].CC(=O)[O-].CC(=O)[O-].CC(=O)[O-].CC(=O)[O-].CC(=O)[O-].CC(=O)[O-].CC(=O)[O-].CC(=O)[O-].CC(=O)[O-].CC(=O)[O-].NCCN.NCCN.NCCN.[Fe+3].[Fe+3].[Fe+3].[Fe+3].[H-].[H-].[H-].[Na+].[Na+].[Na+]. The second-order valence-corrected chi connectivity index (χ2v) is 7.63. The summed E-state index contributed by atoms with van der Waals surface area (Å²) in [5.41, 5.74) is 29.4. The summed E-state index contributed by atoms with van der Waals surface area (Å²) in [7, 11) is 0. The Labute approximate surface area is 503 Å². The summed E-state index contributed by atoms with van der Waals surface area (Å²) in [5.74, 6) is -13.0. The van der Waals surface area contributed by atoms with Crippen LogP contribution in [0.25, 0.3) is 0 Å². The van der Waals surface area contributed by atoms with Gasteiger partial charge in [0.1, 0.15) is 0 Å². The summed E-state index contributed by atoms with van der Waals surface area (Å²) in [4.78, 5) is 107. The van der Waals surface area contributed by atoms with Crippen LogP contribution in [0.5, 0.6) is 0 Å². The Morgan fingerprint density at radius 2 is 0.239 bits per heavy atom. The van der Waals surface area contributed by atoms with E-state index in [2.05, 4.69) is 0 Å². The molecule has 0 aromatic carbocycles. The fourth-order valence-corrected chi connectivity index (χ4v) is 0. The minimum absolute atomic E-state index is 0. The Hall–Kier alpha value is -1.52. The Kier molecular flexibility index (Phi) is 341. The molecule has 0 bridgehead atoms. The molecule has 0 saturated heterocycles. The van der Waals surface area contributed by atoms with Crippen LogP contribution in [-0.4, -0.2) is 111 Å². The third-order valence-corrected chi connectivity index (χ3v) is 0.500. The zero-order chi connectivity index (χ0) is 53.2. The van der Waals surface area contributed by atoms with E-state index < -0.39 is 71.6 Å². The molecule has 0 rings (SSSR count). The van der Waals surface area contributed by atoms with E-state index in [1.165, 1.54) is 0 Å². The Bertz CT molecular complexity index is 750. The van der Waals surface area contributed by atoms with Gasteiger partial charge in [-0.15, -0.1) is 0 Å². The van der Waals surface area contributed by atoms with Crippen molar-refractivity contribution in [3.63, 3.8) is 0 Å². The third-order valence-electron chi connectivity index (χ3n) is 0.500.